The van der Waals surface area contributed by atoms with E-state index in [4.69, 9.17) is 16.9 Å². The lowest BCUT2D eigenvalue weighted by atomic mass is 9.84. The van der Waals surface area contributed by atoms with E-state index in [-0.39, 0.29) is 18.4 Å². The number of hydrogen-bond donors (Lipinski definition) is 2. The van der Waals surface area contributed by atoms with Crippen molar-refractivity contribution in [1.82, 2.24) is 10.6 Å². The highest BCUT2D eigenvalue weighted by Crippen LogP contribution is 2.35. The van der Waals surface area contributed by atoms with Crippen LogP contribution in [0.5, 0.6) is 0 Å². The third-order valence-electron chi connectivity index (χ3n) is 5.00. The summed E-state index contributed by atoms with van der Waals surface area (Å²) < 4.78 is 0.936. The number of nitrogens with one attached hydrogen (secondary N) is 2. The molecule has 1 saturated carbocycles. The normalized spacial score (nSPS) is 15.9. The molecule has 1 fully saturated rings. The van der Waals surface area contributed by atoms with Gasteiger partial charge < -0.3 is 10.6 Å². The van der Waals surface area contributed by atoms with E-state index in [1.807, 2.05) is 30.3 Å². The van der Waals surface area contributed by atoms with Crippen molar-refractivity contribution in [3.63, 3.8) is 0 Å². The molecular weight excluding hydrogens is 382 g/mol. The van der Waals surface area contributed by atoms with Gasteiger partial charge in [0.15, 0.2) is 0 Å². The Morgan fingerprint density at radius 1 is 1.26 bits per heavy atom. The van der Waals surface area contributed by atoms with Gasteiger partial charge >= 0.3 is 0 Å². The number of fused-ring (bicyclic) bond motifs is 1. The van der Waals surface area contributed by atoms with Gasteiger partial charge in [0.2, 0.25) is 5.91 Å². The van der Waals surface area contributed by atoms with E-state index in [0.29, 0.717) is 22.2 Å². The Hall–Kier alpha value is -2.10. The van der Waals surface area contributed by atoms with Crippen molar-refractivity contribution in [3.8, 4) is 6.07 Å². The van der Waals surface area contributed by atoms with E-state index < -0.39 is 6.04 Å². The van der Waals surface area contributed by atoms with E-state index in [1.165, 1.54) is 17.8 Å². The molecule has 2 amide bonds. The predicted octanol–water partition coefficient (Wildman–Crippen LogP) is 4.26. The third kappa shape index (κ3) is 4.79. The van der Waals surface area contributed by atoms with Crippen LogP contribution >= 0.6 is 22.9 Å². The highest BCUT2D eigenvalue weighted by molar-refractivity contribution is 7.21. The molecule has 0 spiro atoms. The van der Waals surface area contributed by atoms with Crippen molar-refractivity contribution in [2.24, 2.45) is 5.92 Å². The van der Waals surface area contributed by atoms with Crippen LogP contribution in [0.25, 0.3) is 10.1 Å². The molecule has 1 aliphatic rings. The van der Waals surface area contributed by atoms with Crippen LogP contribution in [0.15, 0.2) is 24.3 Å². The zero-order valence-electron chi connectivity index (χ0n) is 15.0. The number of carbonyl (C=O) groups excluding carboxylic acids is 2. The molecule has 0 saturated heterocycles. The zero-order chi connectivity index (χ0) is 19.2. The molecule has 1 atom stereocenters. The van der Waals surface area contributed by atoms with Crippen LogP contribution in [0.4, 0.5) is 0 Å². The Bertz CT molecular complexity index is 868. The summed E-state index contributed by atoms with van der Waals surface area (Å²) in [5.41, 5.74) is 0. The van der Waals surface area contributed by atoms with Crippen LogP contribution in [-0.4, -0.2) is 24.4 Å². The maximum absolute atomic E-state index is 12.8. The van der Waals surface area contributed by atoms with Gasteiger partial charge in [-0.25, -0.2) is 0 Å². The topological polar surface area (TPSA) is 82.0 Å². The van der Waals surface area contributed by atoms with E-state index >= 15 is 0 Å². The minimum Gasteiger partial charge on any atom is -0.341 e. The number of nitrogens with zero attached hydrogens (tertiary/aromatic N) is 1. The summed E-state index contributed by atoms with van der Waals surface area (Å²) in [7, 11) is 0. The van der Waals surface area contributed by atoms with Gasteiger partial charge in [0.1, 0.15) is 17.5 Å². The van der Waals surface area contributed by atoms with Gasteiger partial charge in [-0.1, -0.05) is 61.9 Å². The number of rotatable bonds is 6. The first-order valence-electron chi connectivity index (χ1n) is 9.22. The van der Waals surface area contributed by atoms with Gasteiger partial charge in [-0.3, -0.25) is 9.59 Å². The Kier molecular flexibility index (Phi) is 6.70. The summed E-state index contributed by atoms with van der Waals surface area (Å²) in [4.78, 5) is 25.7. The average Bonchev–Trinajstić information content (AvgIpc) is 3.03. The fourth-order valence-electron chi connectivity index (χ4n) is 3.62. The highest BCUT2D eigenvalue weighted by Gasteiger charge is 2.27. The summed E-state index contributed by atoms with van der Waals surface area (Å²) >= 11 is 7.72. The van der Waals surface area contributed by atoms with Crippen molar-refractivity contribution in [3.05, 3.63) is 34.2 Å². The van der Waals surface area contributed by atoms with E-state index in [0.717, 1.165) is 35.8 Å². The van der Waals surface area contributed by atoms with Crippen LogP contribution < -0.4 is 10.6 Å². The van der Waals surface area contributed by atoms with Crippen LogP contribution in [0, 0.1) is 17.2 Å². The molecule has 2 aromatic rings. The van der Waals surface area contributed by atoms with Crippen LogP contribution in [-0.2, 0) is 4.79 Å². The van der Waals surface area contributed by atoms with E-state index in [1.54, 1.807) is 0 Å². The molecule has 1 heterocycles. The molecule has 0 bridgehead atoms. The summed E-state index contributed by atoms with van der Waals surface area (Å²) in [5, 5.41) is 15.4. The molecule has 2 N–H and O–H groups in total. The van der Waals surface area contributed by atoms with E-state index in [2.05, 4.69) is 10.6 Å². The molecule has 0 aliphatic heterocycles. The average molecular weight is 404 g/mol. The Morgan fingerprint density at radius 2 is 2.00 bits per heavy atom. The van der Waals surface area contributed by atoms with E-state index in [9.17, 15) is 9.59 Å². The third-order valence-corrected chi connectivity index (χ3v) is 6.67. The smallest absolute Gasteiger partial charge is 0.263 e. The summed E-state index contributed by atoms with van der Waals surface area (Å²) in [5.74, 6) is -0.239. The van der Waals surface area contributed by atoms with Crippen LogP contribution in [0.3, 0.4) is 0 Å². The lowest BCUT2D eigenvalue weighted by molar-refractivity contribution is -0.123. The number of carbonyl (C=O) groups is 2. The second-order valence-electron chi connectivity index (χ2n) is 6.88. The molecule has 3 rings (SSSR count). The monoisotopic (exact) mass is 403 g/mol. The minimum absolute atomic E-state index is 0.0699. The second kappa shape index (κ2) is 9.20. The van der Waals surface area contributed by atoms with Crippen molar-refractivity contribution in [2.75, 3.05) is 6.54 Å². The molecule has 1 aromatic heterocycles. The first kappa shape index (κ1) is 19.7. The molecular formula is C20H22ClN3O2S. The Morgan fingerprint density at radius 3 is 2.70 bits per heavy atom. The van der Waals surface area contributed by atoms with Gasteiger partial charge in [0.05, 0.1) is 11.1 Å². The maximum atomic E-state index is 12.8. The SMILES string of the molecule is N#CCNC(=O)[C@H](CC1CCCCC1)NC(=O)c1sc2ccccc2c1Cl. The highest BCUT2D eigenvalue weighted by atomic mass is 35.5. The van der Waals surface area contributed by atoms with Gasteiger partial charge in [0, 0.05) is 10.1 Å². The van der Waals surface area contributed by atoms with Crippen molar-refractivity contribution >= 4 is 44.8 Å². The van der Waals surface area contributed by atoms with Gasteiger partial charge in [-0.15, -0.1) is 11.3 Å². The largest absolute Gasteiger partial charge is 0.341 e. The summed E-state index contributed by atoms with van der Waals surface area (Å²) in [6, 6.07) is 8.83. The number of benzene rings is 1. The Labute approximate surface area is 167 Å². The number of thiophene rings is 1. The fourth-order valence-corrected chi connectivity index (χ4v) is 5.04. The van der Waals surface area contributed by atoms with Gasteiger partial charge in [-0.05, 0) is 18.4 Å². The van der Waals surface area contributed by atoms with Gasteiger partial charge in [-0.2, -0.15) is 5.26 Å². The van der Waals surface area contributed by atoms with Crippen molar-refractivity contribution in [2.45, 2.75) is 44.6 Å². The Balaban J connectivity index is 1.76. The fraction of sp³-hybridized carbons (Fsp3) is 0.450. The first-order valence-corrected chi connectivity index (χ1v) is 10.4. The van der Waals surface area contributed by atoms with Crippen LogP contribution in [0.1, 0.15) is 48.2 Å². The van der Waals surface area contributed by atoms with Gasteiger partial charge in [0.25, 0.3) is 5.91 Å². The molecule has 142 valence electrons. The lowest BCUT2D eigenvalue weighted by Gasteiger charge is -2.26. The lowest BCUT2D eigenvalue weighted by Crippen LogP contribution is -2.47. The molecule has 5 nitrogen and oxygen atoms in total. The quantitative estimate of drug-likeness (QED) is 0.707. The molecule has 1 aromatic carbocycles. The zero-order valence-corrected chi connectivity index (χ0v) is 16.5. The molecule has 1 aliphatic carbocycles. The number of hydrogen-bond acceptors (Lipinski definition) is 4. The summed E-state index contributed by atoms with van der Waals surface area (Å²) in [6.07, 6.45) is 6.28. The minimum atomic E-state index is -0.657. The summed E-state index contributed by atoms with van der Waals surface area (Å²) in [6.45, 7) is -0.0699. The molecule has 7 heteroatoms. The molecule has 0 radical (unpaired) electrons. The number of amides is 2. The maximum Gasteiger partial charge on any atom is 0.263 e. The molecule has 27 heavy (non-hydrogen) atoms. The van der Waals surface area contributed by atoms with Crippen molar-refractivity contribution in [1.29, 1.82) is 5.26 Å². The standard InChI is InChI=1S/C20H22ClN3O2S/c21-17-14-8-4-5-9-16(14)27-18(17)20(26)24-15(19(25)23-11-10-22)12-13-6-2-1-3-7-13/h4-5,8-9,13,15H,1-3,6-7,11-12H2,(H,23,25)(H,24,26)/t15-/m0/s1. The van der Waals surface area contributed by atoms with Crippen molar-refractivity contribution < 1.29 is 9.59 Å². The number of halogens is 1. The molecule has 0 unspecified atom stereocenters. The van der Waals surface area contributed by atoms with Crippen LogP contribution in [0.2, 0.25) is 5.02 Å². The number of nitriles is 1. The second-order valence-corrected chi connectivity index (χ2v) is 8.31. The first-order chi connectivity index (χ1) is 13.1. The predicted molar refractivity (Wildman–Crippen MR) is 108 cm³/mol.